The van der Waals surface area contributed by atoms with Gasteiger partial charge in [-0.2, -0.15) is 0 Å². The molecule has 1 N–H and O–H groups in total. The van der Waals surface area contributed by atoms with Crippen molar-refractivity contribution in [2.45, 2.75) is 17.2 Å². The van der Waals surface area contributed by atoms with E-state index in [9.17, 15) is 25.0 Å². The first-order chi connectivity index (χ1) is 14.5. The van der Waals surface area contributed by atoms with Crippen LogP contribution < -0.4 is 5.32 Å². The molecule has 0 fully saturated rings. The summed E-state index contributed by atoms with van der Waals surface area (Å²) in [5, 5.41) is 25.5. The van der Waals surface area contributed by atoms with Crippen molar-refractivity contribution < 1.29 is 14.6 Å². The van der Waals surface area contributed by atoms with E-state index in [0.717, 1.165) is 29.0 Å². The first-order valence-corrected chi connectivity index (χ1v) is 9.90. The minimum atomic E-state index is -0.767. The van der Waals surface area contributed by atoms with Crippen molar-refractivity contribution in [3.05, 3.63) is 110 Å². The minimum absolute atomic E-state index is 0.177. The number of amides is 1. The molecule has 0 aliphatic rings. The molecule has 0 unspecified atom stereocenters. The molecule has 0 aliphatic carbocycles. The van der Waals surface area contributed by atoms with Crippen LogP contribution in [0.3, 0.4) is 0 Å². The molecule has 0 saturated carbocycles. The van der Waals surface area contributed by atoms with Crippen LogP contribution in [0.5, 0.6) is 0 Å². The van der Waals surface area contributed by atoms with Crippen molar-refractivity contribution in [3.8, 4) is 0 Å². The predicted octanol–water partition coefficient (Wildman–Crippen LogP) is 4.73. The summed E-state index contributed by atoms with van der Waals surface area (Å²) in [6.07, 6.45) is 0. The lowest BCUT2D eigenvalue weighted by Gasteiger charge is -2.11. The van der Waals surface area contributed by atoms with Gasteiger partial charge in [-0.1, -0.05) is 60.7 Å². The molecule has 9 heteroatoms. The largest absolute Gasteiger partial charge is 0.348 e. The summed E-state index contributed by atoms with van der Waals surface area (Å²) < 4.78 is 0. The van der Waals surface area contributed by atoms with Crippen LogP contribution in [-0.4, -0.2) is 15.8 Å². The number of hydrogen-bond donors (Lipinski definition) is 1. The first-order valence-electron chi connectivity index (χ1n) is 8.91. The number of hydrogen-bond acceptors (Lipinski definition) is 6. The molecule has 8 nitrogen and oxygen atoms in total. The minimum Gasteiger partial charge on any atom is -0.348 e. The fourth-order valence-electron chi connectivity index (χ4n) is 2.78. The van der Waals surface area contributed by atoms with E-state index in [0.29, 0.717) is 5.75 Å². The highest BCUT2D eigenvalue weighted by atomic mass is 32.2. The van der Waals surface area contributed by atoms with Gasteiger partial charge in [0.15, 0.2) is 0 Å². The fourth-order valence-corrected chi connectivity index (χ4v) is 3.84. The van der Waals surface area contributed by atoms with Crippen molar-refractivity contribution in [1.82, 2.24) is 5.32 Å². The summed E-state index contributed by atoms with van der Waals surface area (Å²) in [5.41, 5.74) is 0.547. The molecule has 0 bridgehead atoms. The zero-order valence-corrected chi connectivity index (χ0v) is 16.5. The average Bonchev–Trinajstić information content (AvgIpc) is 2.76. The summed E-state index contributed by atoms with van der Waals surface area (Å²) in [6, 6.07) is 20.4. The molecule has 152 valence electrons. The third-order valence-corrected chi connectivity index (χ3v) is 5.34. The maximum atomic E-state index is 12.9. The van der Waals surface area contributed by atoms with E-state index in [4.69, 9.17) is 0 Å². The lowest BCUT2D eigenvalue weighted by atomic mass is 10.1. The second kappa shape index (κ2) is 9.66. The Morgan fingerprint density at radius 3 is 2.03 bits per heavy atom. The molecule has 0 spiro atoms. The molecule has 1 amide bonds. The number of carbonyl (C=O) groups is 1. The van der Waals surface area contributed by atoms with Crippen LogP contribution >= 0.6 is 11.8 Å². The van der Waals surface area contributed by atoms with E-state index in [1.165, 1.54) is 6.07 Å². The van der Waals surface area contributed by atoms with E-state index in [1.54, 1.807) is 0 Å². The molecule has 3 aromatic rings. The molecule has 0 aliphatic heterocycles. The Morgan fingerprint density at radius 1 is 0.867 bits per heavy atom. The molecule has 0 radical (unpaired) electrons. The summed E-state index contributed by atoms with van der Waals surface area (Å²) in [4.78, 5) is 34.4. The molecule has 0 heterocycles. The van der Waals surface area contributed by atoms with Gasteiger partial charge in [-0.05, 0) is 11.1 Å². The van der Waals surface area contributed by atoms with Crippen LogP contribution in [0, 0.1) is 20.2 Å². The zero-order chi connectivity index (χ0) is 21.5. The van der Waals surface area contributed by atoms with Crippen LogP contribution in [0.25, 0.3) is 0 Å². The first kappa shape index (κ1) is 21.0. The Kier molecular flexibility index (Phi) is 6.76. The lowest BCUT2D eigenvalue weighted by molar-refractivity contribution is -0.394. The van der Waals surface area contributed by atoms with E-state index in [1.807, 2.05) is 60.7 Å². The zero-order valence-electron chi connectivity index (χ0n) is 15.7. The highest BCUT2D eigenvalue weighted by Crippen LogP contribution is 2.36. The lowest BCUT2D eigenvalue weighted by Crippen LogP contribution is -2.24. The third-order valence-electron chi connectivity index (χ3n) is 4.23. The molecule has 0 aromatic heterocycles. The molecular formula is C21H17N3O5S. The predicted molar refractivity (Wildman–Crippen MR) is 113 cm³/mol. The van der Waals surface area contributed by atoms with Crippen LogP contribution in [0.15, 0.2) is 77.7 Å². The van der Waals surface area contributed by atoms with E-state index >= 15 is 0 Å². The number of nitro benzene ring substituents is 2. The second-order valence-electron chi connectivity index (χ2n) is 6.29. The Balaban J connectivity index is 1.95. The third kappa shape index (κ3) is 5.21. The van der Waals surface area contributed by atoms with Gasteiger partial charge in [0.05, 0.1) is 15.9 Å². The van der Waals surface area contributed by atoms with Gasteiger partial charge in [0.2, 0.25) is 0 Å². The number of nitro groups is 2. The van der Waals surface area contributed by atoms with Crippen molar-refractivity contribution >= 4 is 29.0 Å². The number of benzene rings is 3. The molecule has 3 aromatic carbocycles. The van der Waals surface area contributed by atoms with Gasteiger partial charge in [0.25, 0.3) is 17.3 Å². The van der Waals surface area contributed by atoms with Crippen molar-refractivity contribution in [3.63, 3.8) is 0 Å². The van der Waals surface area contributed by atoms with Gasteiger partial charge >= 0.3 is 0 Å². The normalized spacial score (nSPS) is 10.4. The van der Waals surface area contributed by atoms with E-state index in [-0.39, 0.29) is 17.0 Å². The topological polar surface area (TPSA) is 115 Å². The van der Waals surface area contributed by atoms with Crippen LogP contribution in [0.4, 0.5) is 11.4 Å². The summed E-state index contributed by atoms with van der Waals surface area (Å²) in [5.74, 6) is -0.256. The van der Waals surface area contributed by atoms with Crippen LogP contribution in [0.2, 0.25) is 0 Å². The van der Waals surface area contributed by atoms with Gasteiger partial charge in [-0.25, -0.2) is 0 Å². The van der Waals surface area contributed by atoms with E-state index < -0.39 is 27.1 Å². The molecule has 0 atom stereocenters. The van der Waals surface area contributed by atoms with Gasteiger partial charge in [0.1, 0.15) is 5.56 Å². The highest BCUT2D eigenvalue weighted by molar-refractivity contribution is 7.98. The standard InChI is InChI=1S/C21H17N3O5S/c25-21(22-13-15-7-3-1-4-8-15)20-18(24(28)29)11-17(23(26)27)12-19(20)30-14-16-9-5-2-6-10-16/h1-12H,13-14H2,(H,22,25). The number of thioether (sulfide) groups is 1. The summed E-state index contributed by atoms with van der Waals surface area (Å²) in [7, 11) is 0. The number of rotatable bonds is 8. The van der Waals surface area contributed by atoms with Gasteiger partial charge in [-0.3, -0.25) is 25.0 Å². The maximum absolute atomic E-state index is 12.9. The number of nitrogens with zero attached hydrogens (tertiary/aromatic N) is 2. The molecular weight excluding hydrogens is 406 g/mol. The Labute approximate surface area is 176 Å². The molecule has 30 heavy (non-hydrogen) atoms. The van der Waals surface area contributed by atoms with Crippen molar-refractivity contribution in [2.75, 3.05) is 0 Å². The Morgan fingerprint density at radius 2 is 1.47 bits per heavy atom. The summed E-state index contributed by atoms with van der Waals surface area (Å²) in [6.45, 7) is 0.177. The monoisotopic (exact) mass is 423 g/mol. The Bertz CT molecular complexity index is 1070. The van der Waals surface area contributed by atoms with Gasteiger partial charge in [-0.15, -0.1) is 11.8 Å². The fraction of sp³-hybridized carbons (Fsp3) is 0.0952. The number of non-ortho nitro benzene ring substituents is 1. The quantitative estimate of drug-likeness (QED) is 0.318. The highest BCUT2D eigenvalue weighted by Gasteiger charge is 2.29. The number of carbonyl (C=O) groups excluding carboxylic acids is 1. The Hall–Kier alpha value is -3.72. The molecule has 3 rings (SSSR count). The van der Waals surface area contributed by atoms with Crippen molar-refractivity contribution in [1.29, 1.82) is 0 Å². The smallest absolute Gasteiger partial charge is 0.290 e. The van der Waals surface area contributed by atoms with Crippen LogP contribution in [-0.2, 0) is 12.3 Å². The van der Waals surface area contributed by atoms with Crippen molar-refractivity contribution in [2.24, 2.45) is 0 Å². The second-order valence-corrected chi connectivity index (χ2v) is 7.31. The average molecular weight is 423 g/mol. The maximum Gasteiger partial charge on any atom is 0.290 e. The summed E-state index contributed by atoms with van der Waals surface area (Å²) >= 11 is 1.14. The van der Waals surface area contributed by atoms with Gasteiger partial charge in [0, 0.05) is 23.3 Å². The van der Waals surface area contributed by atoms with Crippen LogP contribution in [0.1, 0.15) is 21.5 Å². The van der Waals surface area contributed by atoms with Gasteiger partial charge < -0.3 is 5.32 Å². The van der Waals surface area contributed by atoms with E-state index in [2.05, 4.69) is 5.32 Å². The number of nitrogens with one attached hydrogen (secondary N) is 1. The SMILES string of the molecule is O=C(NCc1ccccc1)c1c(SCc2ccccc2)cc([N+](=O)[O-])cc1[N+](=O)[O-]. The molecule has 0 saturated heterocycles.